The molecule has 21 heavy (non-hydrogen) atoms. The molecule has 0 bridgehead atoms. The number of hydrogen-bond donors (Lipinski definition) is 1. The van der Waals surface area contributed by atoms with Crippen LogP contribution in [0.5, 0.6) is 0 Å². The van der Waals surface area contributed by atoms with Crippen molar-refractivity contribution in [1.82, 2.24) is 25.5 Å². The molecule has 0 aromatic carbocycles. The fraction of sp³-hybridized carbons (Fsp3) is 0.857. The van der Waals surface area contributed by atoms with Crippen LogP contribution >= 0.6 is 0 Å². The van der Waals surface area contributed by atoms with Crippen molar-refractivity contribution in [1.29, 1.82) is 0 Å². The van der Waals surface area contributed by atoms with Gasteiger partial charge in [-0.3, -0.25) is 4.79 Å². The van der Waals surface area contributed by atoms with Crippen molar-refractivity contribution in [3.05, 3.63) is 5.82 Å². The summed E-state index contributed by atoms with van der Waals surface area (Å²) in [5.41, 5.74) is 0. The SMILES string of the molecule is C[C@H](CN(C)C(=O)CO[C@H]1CCCC[C@@H]1C)c1nn[nH]n1. The molecule has 2 rings (SSSR count). The number of aromatic nitrogens is 4. The van der Waals surface area contributed by atoms with E-state index < -0.39 is 0 Å². The Morgan fingerprint density at radius 3 is 2.90 bits per heavy atom. The highest BCUT2D eigenvalue weighted by Crippen LogP contribution is 2.26. The average Bonchev–Trinajstić information content (AvgIpc) is 3.00. The highest BCUT2D eigenvalue weighted by molar-refractivity contribution is 5.77. The first-order valence-corrected chi connectivity index (χ1v) is 7.66. The van der Waals surface area contributed by atoms with E-state index in [0.717, 1.165) is 6.42 Å². The van der Waals surface area contributed by atoms with Gasteiger partial charge in [-0.2, -0.15) is 5.21 Å². The van der Waals surface area contributed by atoms with Gasteiger partial charge in [0.1, 0.15) is 6.61 Å². The van der Waals surface area contributed by atoms with E-state index in [-0.39, 0.29) is 24.5 Å². The molecule has 7 heteroatoms. The Bertz CT molecular complexity index is 437. The maximum atomic E-state index is 12.1. The molecule has 1 aliphatic rings. The van der Waals surface area contributed by atoms with Crippen molar-refractivity contribution in [3.63, 3.8) is 0 Å². The number of nitrogens with one attached hydrogen (secondary N) is 1. The number of amides is 1. The maximum absolute atomic E-state index is 12.1. The zero-order valence-electron chi connectivity index (χ0n) is 13.1. The molecule has 1 amide bonds. The molecule has 1 fully saturated rings. The van der Waals surface area contributed by atoms with Crippen LogP contribution in [0.2, 0.25) is 0 Å². The molecule has 1 aromatic heterocycles. The molecule has 0 unspecified atom stereocenters. The van der Waals surface area contributed by atoms with Gasteiger partial charge in [0.2, 0.25) is 5.91 Å². The molecule has 1 aliphatic carbocycles. The number of likely N-dealkylation sites (N-methyl/N-ethyl adjacent to an activating group) is 1. The Labute approximate surface area is 125 Å². The van der Waals surface area contributed by atoms with Crippen molar-refractivity contribution in [2.75, 3.05) is 20.2 Å². The van der Waals surface area contributed by atoms with E-state index in [1.807, 2.05) is 6.92 Å². The van der Waals surface area contributed by atoms with E-state index in [9.17, 15) is 4.79 Å². The zero-order chi connectivity index (χ0) is 15.2. The Hall–Kier alpha value is -1.50. The summed E-state index contributed by atoms with van der Waals surface area (Å²) >= 11 is 0. The fourth-order valence-electron chi connectivity index (χ4n) is 2.79. The summed E-state index contributed by atoms with van der Waals surface area (Å²) in [5, 5.41) is 13.8. The first-order valence-electron chi connectivity index (χ1n) is 7.66. The van der Waals surface area contributed by atoms with Gasteiger partial charge in [-0.15, -0.1) is 10.2 Å². The van der Waals surface area contributed by atoms with Crippen molar-refractivity contribution >= 4 is 5.91 Å². The number of H-pyrrole nitrogens is 1. The number of rotatable bonds is 6. The van der Waals surface area contributed by atoms with Crippen LogP contribution in [0, 0.1) is 5.92 Å². The maximum Gasteiger partial charge on any atom is 0.248 e. The summed E-state index contributed by atoms with van der Waals surface area (Å²) in [6, 6.07) is 0. The Balaban J connectivity index is 1.74. The van der Waals surface area contributed by atoms with Gasteiger partial charge >= 0.3 is 0 Å². The second-order valence-corrected chi connectivity index (χ2v) is 6.06. The third-order valence-electron chi connectivity index (χ3n) is 4.23. The summed E-state index contributed by atoms with van der Waals surface area (Å²) in [7, 11) is 1.78. The first kappa shape index (κ1) is 15.9. The lowest BCUT2D eigenvalue weighted by atomic mass is 9.88. The number of carbonyl (C=O) groups is 1. The largest absolute Gasteiger partial charge is 0.368 e. The summed E-state index contributed by atoms with van der Waals surface area (Å²) in [6.07, 6.45) is 4.97. The van der Waals surface area contributed by atoms with E-state index in [1.54, 1.807) is 11.9 Å². The summed E-state index contributed by atoms with van der Waals surface area (Å²) in [4.78, 5) is 13.8. The molecule has 0 spiro atoms. The van der Waals surface area contributed by atoms with Crippen LogP contribution in [-0.4, -0.2) is 57.7 Å². The zero-order valence-corrected chi connectivity index (χ0v) is 13.1. The Morgan fingerprint density at radius 2 is 2.24 bits per heavy atom. The summed E-state index contributed by atoms with van der Waals surface area (Å²) in [6.45, 7) is 4.89. The predicted molar refractivity (Wildman–Crippen MR) is 77.6 cm³/mol. The summed E-state index contributed by atoms with van der Waals surface area (Å²) in [5.74, 6) is 1.22. The topological polar surface area (TPSA) is 84.0 Å². The smallest absolute Gasteiger partial charge is 0.248 e. The van der Waals surface area contributed by atoms with Crippen LogP contribution < -0.4 is 0 Å². The molecular weight excluding hydrogens is 270 g/mol. The van der Waals surface area contributed by atoms with Crippen LogP contribution in [0.15, 0.2) is 0 Å². The number of carbonyl (C=O) groups excluding carboxylic acids is 1. The van der Waals surface area contributed by atoms with Gasteiger partial charge in [-0.1, -0.05) is 31.9 Å². The average molecular weight is 295 g/mol. The predicted octanol–water partition coefficient (Wildman–Crippen LogP) is 1.36. The molecule has 3 atom stereocenters. The van der Waals surface area contributed by atoms with Gasteiger partial charge in [-0.05, 0) is 18.8 Å². The van der Waals surface area contributed by atoms with Gasteiger partial charge < -0.3 is 9.64 Å². The monoisotopic (exact) mass is 295 g/mol. The van der Waals surface area contributed by atoms with Crippen molar-refractivity contribution in [3.8, 4) is 0 Å². The van der Waals surface area contributed by atoms with Crippen LogP contribution in [0.1, 0.15) is 51.3 Å². The Morgan fingerprint density at radius 1 is 1.48 bits per heavy atom. The number of hydrogen-bond acceptors (Lipinski definition) is 5. The molecule has 1 saturated carbocycles. The van der Waals surface area contributed by atoms with Crippen LogP contribution in [0.25, 0.3) is 0 Å². The number of nitrogens with zero attached hydrogens (tertiary/aromatic N) is 4. The van der Waals surface area contributed by atoms with Gasteiger partial charge in [0.25, 0.3) is 0 Å². The highest BCUT2D eigenvalue weighted by Gasteiger charge is 2.24. The molecular formula is C14H25N5O2. The van der Waals surface area contributed by atoms with E-state index in [4.69, 9.17) is 4.74 Å². The molecule has 0 radical (unpaired) electrons. The highest BCUT2D eigenvalue weighted by atomic mass is 16.5. The molecule has 0 aliphatic heterocycles. The van der Waals surface area contributed by atoms with Gasteiger partial charge in [-0.25, -0.2) is 0 Å². The fourth-order valence-corrected chi connectivity index (χ4v) is 2.79. The third-order valence-corrected chi connectivity index (χ3v) is 4.23. The van der Waals surface area contributed by atoms with Crippen molar-refractivity contribution in [2.24, 2.45) is 5.92 Å². The second kappa shape index (κ2) is 7.49. The third kappa shape index (κ3) is 4.49. The number of tetrazole rings is 1. The minimum absolute atomic E-state index is 0.00289. The van der Waals surface area contributed by atoms with Crippen molar-refractivity contribution < 1.29 is 9.53 Å². The molecule has 0 saturated heterocycles. The van der Waals surface area contributed by atoms with E-state index in [2.05, 4.69) is 27.5 Å². The number of ether oxygens (including phenoxy) is 1. The minimum atomic E-state index is 0.00289. The van der Waals surface area contributed by atoms with E-state index in [0.29, 0.717) is 18.3 Å². The first-order chi connectivity index (χ1) is 10.1. The van der Waals surface area contributed by atoms with E-state index in [1.165, 1.54) is 19.3 Å². The second-order valence-electron chi connectivity index (χ2n) is 6.06. The van der Waals surface area contributed by atoms with Gasteiger partial charge in [0.05, 0.1) is 6.10 Å². The molecule has 1 heterocycles. The molecule has 7 nitrogen and oxygen atoms in total. The summed E-state index contributed by atoms with van der Waals surface area (Å²) < 4.78 is 5.81. The van der Waals surface area contributed by atoms with Crippen LogP contribution in [0.4, 0.5) is 0 Å². The standard InChI is InChI=1S/C14H25N5O2/c1-10-6-4-5-7-12(10)21-9-13(20)19(3)8-11(2)14-15-17-18-16-14/h10-12H,4-9H2,1-3H3,(H,15,16,17,18)/t10-,11+,12-/m0/s1. The molecule has 1 aromatic rings. The lowest BCUT2D eigenvalue weighted by Gasteiger charge is -2.29. The molecule has 1 N–H and O–H groups in total. The van der Waals surface area contributed by atoms with Crippen LogP contribution in [0.3, 0.4) is 0 Å². The molecule has 118 valence electrons. The van der Waals surface area contributed by atoms with E-state index >= 15 is 0 Å². The minimum Gasteiger partial charge on any atom is -0.368 e. The van der Waals surface area contributed by atoms with Crippen molar-refractivity contribution in [2.45, 2.75) is 51.6 Å². The van der Waals surface area contributed by atoms with Gasteiger partial charge in [0, 0.05) is 19.5 Å². The lowest BCUT2D eigenvalue weighted by Crippen LogP contribution is -2.36. The van der Waals surface area contributed by atoms with Crippen LogP contribution in [-0.2, 0) is 9.53 Å². The Kier molecular flexibility index (Phi) is 5.67. The number of aromatic amines is 1. The quantitative estimate of drug-likeness (QED) is 0.856. The lowest BCUT2D eigenvalue weighted by molar-refractivity contribution is -0.139. The van der Waals surface area contributed by atoms with Gasteiger partial charge in [0.15, 0.2) is 5.82 Å². The normalized spacial score (nSPS) is 23.8.